The summed E-state index contributed by atoms with van der Waals surface area (Å²) in [7, 11) is 0. The second kappa shape index (κ2) is 7.86. The van der Waals surface area contributed by atoms with Gasteiger partial charge in [0, 0.05) is 24.5 Å². The maximum Gasteiger partial charge on any atom is 0.422 e. The second-order valence-corrected chi connectivity index (χ2v) is 5.47. The molecule has 0 spiro atoms. The average molecular weight is 395 g/mol. The minimum atomic E-state index is -4.56. The molecule has 0 N–H and O–H groups in total. The number of benzene rings is 1. The van der Waals surface area contributed by atoms with Gasteiger partial charge in [0.1, 0.15) is 5.02 Å². The highest BCUT2D eigenvalue weighted by molar-refractivity contribution is 6.32. The van der Waals surface area contributed by atoms with Crippen LogP contribution in [0, 0.1) is 11.6 Å². The van der Waals surface area contributed by atoms with E-state index in [0.717, 1.165) is 29.3 Å². The van der Waals surface area contributed by atoms with E-state index in [1.807, 2.05) is 0 Å². The molecular weight excluding hydrogens is 383 g/mol. The van der Waals surface area contributed by atoms with Crippen LogP contribution in [0.2, 0.25) is 5.02 Å². The molecule has 0 fully saturated rings. The molecule has 0 bridgehead atoms. The fraction of sp³-hybridized carbons (Fsp3) is 0.250. The van der Waals surface area contributed by atoms with Gasteiger partial charge in [-0.05, 0) is 25.1 Å². The fourth-order valence-corrected chi connectivity index (χ4v) is 2.27. The lowest BCUT2D eigenvalue weighted by Gasteiger charge is -2.21. The summed E-state index contributed by atoms with van der Waals surface area (Å²) < 4.78 is 67.4. The Labute approximate surface area is 150 Å². The third-order valence-electron chi connectivity index (χ3n) is 3.20. The molecule has 10 heteroatoms. The van der Waals surface area contributed by atoms with Crippen molar-refractivity contribution >= 4 is 23.2 Å². The lowest BCUT2D eigenvalue weighted by molar-refractivity contribution is -0.154. The predicted octanol–water partition coefficient (Wildman–Crippen LogP) is 4.62. The van der Waals surface area contributed by atoms with Crippen LogP contribution in [0.1, 0.15) is 17.3 Å². The van der Waals surface area contributed by atoms with Gasteiger partial charge in [-0.15, -0.1) is 0 Å². The van der Waals surface area contributed by atoms with Crippen LogP contribution < -0.4 is 9.64 Å². The normalized spacial score (nSPS) is 11.3. The first-order valence-corrected chi connectivity index (χ1v) is 7.62. The van der Waals surface area contributed by atoms with Crippen LogP contribution in [0.5, 0.6) is 5.88 Å². The molecule has 0 saturated heterocycles. The maximum absolute atomic E-state index is 13.4. The molecule has 2 aromatic rings. The van der Waals surface area contributed by atoms with Gasteiger partial charge in [-0.25, -0.2) is 13.8 Å². The standard InChI is InChI=1S/C16H12ClF5N2O2/c1-2-24(10-3-4-12(18)13(19)6-10)15(25)9-5-11(17)14(23-7-9)26-8-16(20,21)22/h3-7H,2,8H2,1H3. The first kappa shape index (κ1) is 19.9. The van der Waals surface area contributed by atoms with E-state index in [2.05, 4.69) is 9.72 Å². The monoisotopic (exact) mass is 394 g/mol. The van der Waals surface area contributed by atoms with Crippen LogP contribution in [0.4, 0.5) is 27.6 Å². The summed E-state index contributed by atoms with van der Waals surface area (Å²) in [6.07, 6.45) is -3.58. The number of ether oxygens (including phenoxy) is 1. The van der Waals surface area contributed by atoms with Gasteiger partial charge in [-0.2, -0.15) is 13.2 Å². The van der Waals surface area contributed by atoms with Crippen molar-refractivity contribution in [2.45, 2.75) is 13.1 Å². The van der Waals surface area contributed by atoms with E-state index in [1.54, 1.807) is 6.92 Å². The molecule has 1 amide bonds. The lowest BCUT2D eigenvalue weighted by Crippen LogP contribution is -2.31. The van der Waals surface area contributed by atoms with Crippen molar-refractivity contribution in [1.82, 2.24) is 4.98 Å². The Kier molecular flexibility index (Phi) is 6.01. The van der Waals surface area contributed by atoms with Crippen LogP contribution in [0.3, 0.4) is 0 Å². The van der Waals surface area contributed by atoms with E-state index in [1.165, 1.54) is 6.07 Å². The smallest absolute Gasteiger partial charge is 0.422 e. The number of nitrogens with zero attached hydrogens (tertiary/aromatic N) is 2. The minimum Gasteiger partial charge on any atom is -0.467 e. The topological polar surface area (TPSA) is 42.4 Å². The van der Waals surface area contributed by atoms with Crippen molar-refractivity contribution in [3.8, 4) is 5.88 Å². The van der Waals surface area contributed by atoms with Crippen LogP contribution in [-0.4, -0.2) is 30.2 Å². The van der Waals surface area contributed by atoms with E-state index >= 15 is 0 Å². The van der Waals surface area contributed by atoms with E-state index in [-0.39, 0.29) is 22.8 Å². The molecule has 26 heavy (non-hydrogen) atoms. The maximum atomic E-state index is 13.4. The van der Waals surface area contributed by atoms with Crippen LogP contribution in [0.15, 0.2) is 30.5 Å². The number of carbonyl (C=O) groups excluding carboxylic acids is 1. The largest absolute Gasteiger partial charge is 0.467 e. The van der Waals surface area contributed by atoms with Gasteiger partial charge >= 0.3 is 6.18 Å². The molecule has 2 rings (SSSR count). The first-order valence-electron chi connectivity index (χ1n) is 7.24. The Morgan fingerprint density at radius 3 is 2.46 bits per heavy atom. The first-order chi connectivity index (χ1) is 12.1. The zero-order valence-corrected chi connectivity index (χ0v) is 14.0. The number of hydrogen-bond acceptors (Lipinski definition) is 3. The molecule has 4 nitrogen and oxygen atoms in total. The van der Waals surface area contributed by atoms with E-state index in [9.17, 15) is 26.7 Å². The number of halogens is 6. The Bertz CT molecular complexity index is 814. The molecule has 1 heterocycles. The Balaban J connectivity index is 2.24. The average Bonchev–Trinajstić information content (AvgIpc) is 2.56. The molecule has 0 aliphatic rings. The molecule has 0 radical (unpaired) electrons. The molecule has 1 aromatic carbocycles. The highest BCUT2D eigenvalue weighted by Crippen LogP contribution is 2.26. The number of hydrogen-bond donors (Lipinski definition) is 0. The highest BCUT2D eigenvalue weighted by Gasteiger charge is 2.29. The molecule has 1 aromatic heterocycles. The zero-order chi connectivity index (χ0) is 19.5. The van der Waals surface area contributed by atoms with E-state index < -0.39 is 36.2 Å². The van der Waals surface area contributed by atoms with Crippen LogP contribution in [-0.2, 0) is 0 Å². The van der Waals surface area contributed by atoms with Crippen molar-refractivity contribution in [3.05, 3.63) is 52.7 Å². The van der Waals surface area contributed by atoms with Gasteiger partial charge in [-0.1, -0.05) is 11.6 Å². The second-order valence-electron chi connectivity index (χ2n) is 5.06. The van der Waals surface area contributed by atoms with Gasteiger partial charge in [-0.3, -0.25) is 4.79 Å². The number of rotatable bonds is 5. The Hall–Kier alpha value is -2.42. The number of pyridine rings is 1. The van der Waals surface area contributed by atoms with Crippen LogP contribution in [0.25, 0.3) is 0 Å². The number of amides is 1. The zero-order valence-electron chi connectivity index (χ0n) is 13.3. The third-order valence-corrected chi connectivity index (χ3v) is 3.47. The van der Waals surface area contributed by atoms with Gasteiger partial charge in [0.15, 0.2) is 18.2 Å². The molecule has 0 aliphatic heterocycles. The van der Waals surface area contributed by atoms with Gasteiger partial charge in [0.2, 0.25) is 5.88 Å². The van der Waals surface area contributed by atoms with Crippen molar-refractivity contribution in [1.29, 1.82) is 0 Å². The minimum absolute atomic E-state index is 0.0547. The van der Waals surface area contributed by atoms with Crippen molar-refractivity contribution in [2.24, 2.45) is 0 Å². The molecule has 140 valence electrons. The lowest BCUT2D eigenvalue weighted by atomic mass is 10.2. The summed E-state index contributed by atoms with van der Waals surface area (Å²) in [6.45, 7) is 0.145. The number of alkyl halides is 3. The Morgan fingerprint density at radius 2 is 1.92 bits per heavy atom. The summed E-state index contributed by atoms with van der Waals surface area (Å²) in [5.41, 5.74) is 0.0471. The van der Waals surface area contributed by atoms with E-state index in [4.69, 9.17) is 11.6 Å². The summed E-state index contributed by atoms with van der Waals surface area (Å²) in [4.78, 5) is 17.3. The number of aromatic nitrogens is 1. The van der Waals surface area contributed by atoms with Crippen LogP contribution >= 0.6 is 11.6 Å². The molecule has 0 unspecified atom stereocenters. The Morgan fingerprint density at radius 1 is 1.23 bits per heavy atom. The summed E-state index contributed by atoms with van der Waals surface area (Å²) in [5, 5.41) is -0.290. The summed E-state index contributed by atoms with van der Waals surface area (Å²) in [6, 6.07) is 4.04. The summed E-state index contributed by atoms with van der Waals surface area (Å²) >= 11 is 5.81. The number of carbonyl (C=O) groups is 1. The van der Waals surface area contributed by atoms with Gasteiger partial charge in [0.25, 0.3) is 5.91 Å². The van der Waals surface area contributed by atoms with Crippen molar-refractivity contribution in [3.63, 3.8) is 0 Å². The number of anilines is 1. The van der Waals surface area contributed by atoms with Gasteiger partial charge < -0.3 is 9.64 Å². The third kappa shape index (κ3) is 4.81. The quantitative estimate of drug-likeness (QED) is 0.695. The van der Waals surface area contributed by atoms with Crippen molar-refractivity contribution in [2.75, 3.05) is 18.1 Å². The molecule has 0 saturated carbocycles. The van der Waals surface area contributed by atoms with Crippen molar-refractivity contribution < 1.29 is 31.5 Å². The van der Waals surface area contributed by atoms with E-state index in [0.29, 0.717) is 0 Å². The van der Waals surface area contributed by atoms with Gasteiger partial charge in [0.05, 0.1) is 5.56 Å². The summed E-state index contributed by atoms with van der Waals surface area (Å²) in [5.74, 6) is -3.30. The molecule has 0 aliphatic carbocycles. The highest BCUT2D eigenvalue weighted by atomic mass is 35.5. The fourth-order valence-electron chi connectivity index (χ4n) is 2.05. The predicted molar refractivity (Wildman–Crippen MR) is 84.5 cm³/mol. The SMILES string of the molecule is CCN(C(=O)c1cnc(OCC(F)(F)F)c(Cl)c1)c1ccc(F)c(F)c1. The molecular formula is C16H12ClF5N2O2. The molecule has 0 atom stereocenters.